The van der Waals surface area contributed by atoms with Crippen LogP contribution >= 0.6 is 0 Å². The maximum atomic E-state index is 12.6. The third-order valence-corrected chi connectivity index (χ3v) is 2.06. The minimum atomic E-state index is -4.80. The summed E-state index contributed by atoms with van der Waals surface area (Å²) in [5.41, 5.74) is 2.94. The first kappa shape index (κ1) is 15.3. The fourth-order valence-corrected chi connectivity index (χ4v) is 1.06. The molecule has 0 fully saturated rings. The summed E-state index contributed by atoms with van der Waals surface area (Å²) in [6.45, 7) is -1.55. The van der Waals surface area contributed by atoms with Crippen LogP contribution in [0.15, 0.2) is 12.3 Å². The van der Waals surface area contributed by atoms with Crippen molar-refractivity contribution in [2.75, 3.05) is 17.6 Å². The van der Waals surface area contributed by atoms with Gasteiger partial charge in [0.05, 0.1) is 24.1 Å². The number of rotatable bonds is 4. The van der Waals surface area contributed by atoms with E-state index in [4.69, 9.17) is 5.73 Å². The minimum Gasteiger partial charge on any atom is -0.396 e. The number of aromatic nitrogens is 1. The van der Waals surface area contributed by atoms with Crippen LogP contribution in [0.5, 0.6) is 0 Å². The zero-order valence-corrected chi connectivity index (χ0v) is 9.11. The molecule has 0 radical (unpaired) electrons. The molecular formula is C9H8F7N3. The van der Waals surface area contributed by atoms with Crippen LogP contribution in [-0.2, 0) is 6.18 Å². The highest BCUT2D eigenvalue weighted by Gasteiger charge is 2.40. The molecule has 0 saturated carbocycles. The van der Waals surface area contributed by atoms with Gasteiger partial charge in [-0.25, -0.2) is 13.8 Å². The third-order valence-electron chi connectivity index (χ3n) is 2.06. The number of nitrogens with two attached hydrogens (primary N) is 1. The smallest absolute Gasteiger partial charge is 0.396 e. The van der Waals surface area contributed by atoms with Gasteiger partial charge in [-0.3, -0.25) is 0 Å². The van der Waals surface area contributed by atoms with Crippen molar-refractivity contribution in [2.45, 2.75) is 18.5 Å². The topological polar surface area (TPSA) is 50.9 Å². The lowest BCUT2D eigenvalue weighted by Crippen LogP contribution is -2.35. The van der Waals surface area contributed by atoms with Crippen molar-refractivity contribution in [3.05, 3.63) is 18.0 Å². The quantitative estimate of drug-likeness (QED) is 0.838. The first-order chi connectivity index (χ1) is 8.54. The van der Waals surface area contributed by atoms with E-state index < -0.39 is 36.5 Å². The molecule has 1 aromatic heterocycles. The molecule has 108 valence electrons. The van der Waals surface area contributed by atoms with Gasteiger partial charge in [0.25, 0.3) is 0 Å². The van der Waals surface area contributed by atoms with E-state index in [0.29, 0.717) is 12.3 Å². The van der Waals surface area contributed by atoms with Gasteiger partial charge in [-0.1, -0.05) is 0 Å². The standard InChI is InChI=1S/C9H8F7N3/c10-7(11)8(12,13)3-19-5-1-6(9(14,15)16)18-2-4(5)17/h1-2,7H,3,17H2,(H,18,19). The SMILES string of the molecule is Nc1cnc(C(F)(F)F)cc1NCC(F)(F)C(F)F. The monoisotopic (exact) mass is 291 g/mol. The zero-order chi connectivity index (χ0) is 14.8. The summed E-state index contributed by atoms with van der Waals surface area (Å²) in [7, 11) is 0. The predicted molar refractivity (Wildman–Crippen MR) is 53.1 cm³/mol. The second-order valence-electron chi connectivity index (χ2n) is 3.57. The molecule has 0 aliphatic rings. The maximum Gasteiger partial charge on any atom is 0.433 e. The first-order valence-electron chi connectivity index (χ1n) is 4.76. The van der Waals surface area contributed by atoms with Crippen LogP contribution in [0, 0.1) is 0 Å². The van der Waals surface area contributed by atoms with E-state index in [1.807, 2.05) is 0 Å². The number of nitrogens with zero attached hydrogens (tertiary/aromatic N) is 1. The molecule has 0 aliphatic carbocycles. The summed E-state index contributed by atoms with van der Waals surface area (Å²) >= 11 is 0. The number of hydrogen-bond acceptors (Lipinski definition) is 3. The molecule has 10 heteroatoms. The van der Waals surface area contributed by atoms with Gasteiger partial charge in [-0.05, 0) is 6.07 Å². The predicted octanol–water partition coefficient (Wildman–Crippen LogP) is 2.99. The van der Waals surface area contributed by atoms with E-state index in [-0.39, 0.29) is 5.69 Å². The van der Waals surface area contributed by atoms with Gasteiger partial charge < -0.3 is 11.1 Å². The van der Waals surface area contributed by atoms with Gasteiger partial charge in [0.15, 0.2) is 0 Å². The molecule has 3 nitrogen and oxygen atoms in total. The van der Waals surface area contributed by atoms with Crippen molar-refractivity contribution in [2.24, 2.45) is 0 Å². The molecule has 1 aromatic rings. The Labute approximate surface area is 102 Å². The molecule has 0 spiro atoms. The van der Waals surface area contributed by atoms with E-state index in [1.54, 1.807) is 5.32 Å². The number of hydrogen-bond donors (Lipinski definition) is 2. The van der Waals surface area contributed by atoms with Crippen molar-refractivity contribution in [3.8, 4) is 0 Å². The third kappa shape index (κ3) is 3.86. The van der Waals surface area contributed by atoms with Crippen LogP contribution in [0.1, 0.15) is 5.69 Å². The van der Waals surface area contributed by atoms with E-state index in [1.165, 1.54) is 0 Å². The molecule has 1 heterocycles. The molecular weight excluding hydrogens is 283 g/mol. The molecule has 19 heavy (non-hydrogen) atoms. The van der Waals surface area contributed by atoms with Gasteiger partial charge in [0.2, 0.25) is 0 Å². The van der Waals surface area contributed by atoms with E-state index in [9.17, 15) is 30.7 Å². The van der Waals surface area contributed by atoms with Crippen LogP contribution in [-0.4, -0.2) is 23.9 Å². The lowest BCUT2D eigenvalue weighted by atomic mass is 10.2. The van der Waals surface area contributed by atoms with Crippen molar-refractivity contribution in [1.29, 1.82) is 0 Å². The Balaban J connectivity index is 2.90. The van der Waals surface area contributed by atoms with Crippen LogP contribution in [0.3, 0.4) is 0 Å². The number of alkyl halides is 7. The summed E-state index contributed by atoms with van der Waals surface area (Å²) in [5, 5.41) is 1.75. The number of anilines is 2. The molecule has 0 bridgehead atoms. The van der Waals surface area contributed by atoms with Gasteiger partial charge >= 0.3 is 18.5 Å². The molecule has 0 unspecified atom stereocenters. The summed E-state index contributed by atoms with van der Waals surface area (Å²) in [5.74, 6) is -4.38. The Kier molecular flexibility index (Phi) is 4.11. The molecule has 0 aliphatic heterocycles. The Morgan fingerprint density at radius 2 is 1.79 bits per heavy atom. The summed E-state index contributed by atoms with van der Waals surface area (Å²) in [4.78, 5) is 2.96. The van der Waals surface area contributed by atoms with Gasteiger partial charge in [0.1, 0.15) is 5.69 Å². The van der Waals surface area contributed by atoms with Crippen LogP contribution in [0.4, 0.5) is 42.1 Å². The van der Waals surface area contributed by atoms with Crippen LogP contribution < -0.4 is 11.1 Å². The average Bonchev–Trinajstić information content (AvgIpc) is 2.26. The Morgan fingerprint density at radius 1 is 1.21 bits per heavy atom. The molecule has 0 amide bonds. The fourth-order valence-electron chi connectivity index (χ4n) is 1.06. The fraction of sp³-hybridized carbons (Fsp3) is 0.444. The molecule has 0 aromatic carbocycles. The maximum absolute atomic E-state index is 12.6. The summed E-state index contributed by atoms with van der Waals surface area (Å²) < 4.78 is 85.9. The van der Waals surface area contributed by atoms with Gasteiger partial charge in [-0.15, -0.1) is 0 Å². The van der Waals surface area contributed by atoms with Crippen molar-refractivity contribution in [3.63, 3.8) is 0 Å². The van der Waals surface area contributed by atoms with E-state index in [0.717, 1.165) is 0 Å². The molecule has 3 N–H and O–H groups in total. The second kappa shape index (κ2) is 5.10. The van der Waals surface area contributed by atoms with Crippen molar-refractivity contribution < 1.29 is 30.7 Å². The molecule has 1 rings (SSSR count). The van der Waals surface area contributed by atoms with E-state index in [2.05, 4.69) is 4.98 Å². The van der Waals surface area contributed by atoms with Gasteiger partial charge in [-0.2, -0.15) is 22.0 Å². The van der Waals surface area contributed by atoms with E-state index >= 15 is 0 Å². The highest BCUT2D eigenvalue weighted by atomic mass is 19.4. The average molecular weight is 291 g/mol. The lowest BCUT2D eigenvalue weighted by molar-refractivity contribution is -0.141. The second-order valence-corrected chi connectivity index (χ2v) is 3.57. The molecule has 0 atom stereocenters. The lowest BCUT2D eigenvalue weighted by Gasteiger charge is -2.18. The Morgan fingerprint density at radius 3 is 2.26 bits per heavy atom. The minimum absolute atomic E-state index is 0.363. The summed E-state index contributed by atoms with van der Waals surface area (Å²) in [6, 6.07) is 0.372. The Hall–Kier alpha value is -1.74. The zero-order valence-electron chi connectivity index (χ0n) is 9.11. The number of nitrogens with one attached hydrogen (secondary N) is 1. The van der Waals surface area contributed by atoms with Crippen LogP contribution in [0.2, 0.25) is 0 Å². The largest absolute Gasteiger partial charge is 0.433 e. The van der Waals surface area contributed by atoms with Crippen LogP contribution in [0.25, 0.3) is 0 Å². The Bertz CT molecular complexity index is 444. The highest BCUT2D eigenvalue weighted by Crippen LogP contribution is 2.32. The number of pyridine rings is 1. The number of nitrogen functional groups attached to an aromatic ring is 1. The molecule has 0 saturated heterocycles. The normalized spacial score (nSPS) is 12.8. The first-order valence-corrected chi connectivity index (χ1v) is 4.76. The van der Waals surface area contributed by atoms with Crippen molar-refractivity contribution in [1.82, 2.24) is 4.98 Å². The number of halogens is 7. The summed E-state index contributed by atoms with van der Waals surface area (Å²) in [6.07, 6.45) is -8.13. The van der Waals surface area contributed by atoms with Crippen molar-refractivity contribution >= 4 is 11.4 Å². The highest BCUT2D eigenvalue weighted by molar-refractivity contribution is 5.65. The van der Waals surface area contributed by atoms with Gasteiger partial charge in [0, 0.05) is 0 Å².